The first-order chi connectivity index (χ1) is 10.7. The van der Waals surface area contributed by atoms with Gasteiger partial charge in [-0.1, -0.05) is 12.8 Å². The van der Waals surface area contributed by atoms with Crippen molar-refractivity contribution in [2.24, 2.45) is 5.92 Å². The molecule has 1 aliphatic carbocycles. The van der Waals surface area contributed by atoms with Gasteiger partial charge in [0, 0.05) is 12.5 Å². The van der Waals surface area contributed by atoms with Crippen LogP contribution in [0.5, 0.6) is 0 Å². The zero-order valence-electron chi connectivity index (χ0n) is 13.3. The Kier molecular flexibility index (Phi) is 5.81. The van der Waals surface area contributed by atoms with E-state index in [4.69, 9.17) is 4.74 Å². The van der Waals surface area contributed by atoms with Crippen LogP contribution in [-0.2, 0) is 9.53 Å². The molecule has 0 aromatic heterocycles. The predicted molar refractivity (Wildman–Crippen MR) is 87.1 cm³/mol. The quantitative estimate of drug-likeness (QED) is 0.790. The second kappa shape index (κ2) is 7.82. The van der Waals surface area contributed by atoms with E-state index in [1.165, 1.54) is 0 Å². The van der Waals surface area contributed by atoms with E-state index in [9.17, 15) is 9.59 Å². The summed E-state index contributed by atoms with van der Waals surface area (Å²) in [5.74, 6) is -0.250. The van der Waals surface area contributed by atoms with E-state index < -0.39 is 0 Å². The SMILES string of the molecule is CCNc1ccc(C(=O)OCC)cc1NC(=O)C1CCCC1. The average Bonchev–Trinajstić information content (AvgIpc) is 3.04. The molecule has 0 spiro atoms. The van der Waals surface area contributed by atoms with Gasteiger partial charge in [0.05, 0.1) is 23.5 Å². The van der Waals surface area contributed by atoms with Crippen LogP contribution in [-0.4, -0.2) is 25.0 Å². The summed E-state index contributed by atoms with van der Waals surface area (Å²) in [4.78, 5) is 24.2. The normalized spacial score (nSPS) is 14.6. The number of benzene rings is 1. The number of hydrogen-bond acceptors (Lipinski definition) is 4. The lowest BCUT2D eigenvalue weighted by Crippen LogP contribution is -2.21. The summed E-state index contributed by atoms with van der Waals surface area (Å²) in [6, 6.07) is 5.20. The number of esters is 1. The van der Waals surface area contributed by atoms with Crippen molar-refractivity contribution >= 4 is 23.3 Å². The highest BCUT2D eigenvalue weighted by Crippen LogP contribution is 2.29. The van der Waals surface area contributed by atoms with Crippen LogP contribution in [0.4, 0.5) is 11.4 Å². The summed E-state index contributed by atoms with van der Waals surface area (Å²) in [5, 5.41) is 6.17. The van der Waals surface area contributed by atoms with E-state index in [0.29, 0.717) is 17.9 Å². The molecular formula is C17H24N2O3. The zero-order chi connectivity index (χ0) is 15.9. The summed E-state index contributed by atoms with van der Waals surface area (Å²) in [5.41, 5.74) is 1.91. The van der Waals surface area contributed by atoms with Crippen LogP contribution in [0.1, 0.15) is 49.9 Å². The van der Waals surface area contributed by atoms with Gasteiger partial charge in [-0.15, -0.1) is 0 Å². The lowest BCUT2D eigenvalue weighted by atomic mass is 10.1. The second-order valence-corrected chi connectivity index (χ2v) is 5.48. The summed E-state index contributed by atoms with van der Waals surface area (Å²) >= 11 is 0. The smallest absolute Gasteiger partial charge is 0.338 e. The summed E-state index contributed by atoms with van der Waals surface area (Å²) in [6.07, 6.45) is 4.11. The van der Waals surface area contributed by atoms with Gasteiger partial charge in [-0.05, 0) is 44.9 Å². The number of hydrogen-bond donors (Lipinski definition) is 2. The van der Waals surface area contributed by atoms with Crippen molar-refractivity contribution < 1.29 is 14.3 Å². The first-order valence-electron chi connectivity index (χ1n) is 8.01. The van der Waals surface area contributed by atoms with Crippen LogP contribution in [0.15, 0.2) is 18.2 Å². The molecule has 1 fully saturated rings. The van der Waals surface area contributed by atoms with Crippen LogP contribution >= 0.6 is 0 Å². The Bertz CT molecular complexity index is 537. The topological polar surface area (TPSA) is 67.4 Å². The first kappa shape index (κ1) is 16.3. The Morgan fingerprint density at radius 3 is 2.55 bits per heavy atom. The maximum absolute atomic E-state index is 12.3. The van der Waals surface area contributed by atoms with E-state index >= 15 is 0 Å². The van der Waals surface area contributed by atoms with Gasteiger partial charge in [0.25, 0.3) is 0 Å². The molecule has 1 aliphatic rings. The van der Waals surface area contributed by atoms with Crippen LogP contribution in [0.25, 0.3) is 0 Å². The molecule has 1 aromatic rings. The molecule has 5 nitrogen and oxygen atoms in total. The number of amides is 1. The van der Waals surface area contributed by atoms with Gasteiger partial charge in [0.15, 0.2) is 0 Å². The molecule has 1 amide bonds. The number of nitrogens with one attached hydrogen (secondary N) is 2. The maximum atomic E-state index is 12.3. The Hall–Kier alpha value is -2.04. The van der Waals surface area contributed by atoms with E-state index in [2.05, 4.69) is 10.6 Å². The minimum Gasteiger partial charge on any atom is -0.462 e. The van der Waals surface area contributed by atoms with Gasteiger partial charge in [-0.3, -0.25) is 4.79 Å². The Balaban J connectivity index is 2.19. The molecule has 0 aliphatic heterocycles. The number of carbonyl (C=O) groups excluding carboxylic acids is 2. The molecule has 0 unspecified atom stereocenters. The molecule has 2 N–H and O–H groups in total. The minimum atomic E-state index is -0.373. The molecule has 0 saturated heterocycles. The van der Waals surface area contributed by atoms with Crippen molar-refractivity contribution in [3.8, 4) is 0 Å². The summed E-state index contributed by atoms with van der Waals surface area (Å²) < 4.78 is 5.02. The van der Waals surface area contributed by atoms with Crippen LogP contribution < -0.4 is 10.6 Å². The van der Waals surface area contributed by atoms with Crippen LogP contribution in [0, 0.1) is 5.92 Å². The monoisotopic (exact) mass is 304 g/mol. The molecule has 0 atom stereocenters. The minimum absolute atomic E-state index is 0.0395. The summed E-state index contributed by atoms with van der Waals surface area (Å²) in [6.45, 7) is 4.83. The Morgan fingerprint density at radius 2 is 1.91 bits per heavy atom. The molecular weight excluding hydrogens is 280 g/mol. The standard InChI is InChI=1S/C17H24N2O3/c1-3-18-14-10-9-13(17(21)22-4-2)11-15(14)19-16(20)12-7-5-6-8-12/h9-12,18H,3-8H2,1-2H3,(H,19,20). The number of ether oxygens (including phenoxy) is 1. The summed E-state index contributed by atoms with van der Waals surface area (Å²) in [7, 11) is 0. The molecule has 120 valence electrons. The number of carbonyl (C=O) groups is 2. The lowest BCUT2D eigenvalue weighted by molar-refractivity contribution is -0.119. The van der Waals surface area contributed by atoms with Gasteiger partial charge in [0.2, 0.25) is 5.91 Å². The van der Waals surface area contributed by atoms with Crippen LogP contribution in [0.2, 0.25) is 0 Å². The van der Waals surface area contributed by atoms with E-state index in [0.717, 1.165) is 37.9 Å². The average molecular weight is 304 g/mol. The Labute approximate surface area is 131 Å². The van der Waals surface area contributed by atoms with Crippen molar-refractivity contribution in [1.29, 1.82) is 0 Å². The molecule has 5 heteroatoms. The van der Waals surface area contributed by atoms with Gasteiger partial charge < -0.3 is 15.4 Å². The highest BCUT2D eigenvalue weighted by molar-refractivity contribution is 5.98. The third-order valence-corrected chi connectivity index (χ3v) is 3.88. The molecule has 1 aromatic carbocycles. The van der Waals surface area contributed by atoms with Crippen molar-refractivity contribution in [2.45, 2.75) is 39.5 Å². The fraction of sp³-hybridized carbons (Fsp3) is 0.529. The van der Waals surface area contributed by atoms with Crippen molar-refractivity contribution in [3.05, 3.63) is 23.8 Å². The fourth-order valence-corrected chi connectivity index (χ4v) is 2.76. The highest BCUT2D eigenvalue weighted by Gasteiger charge is 2.23. The van der Waals surface area contributed by atoms with Crippen molar-refractivity contribution in [1.82, 2.24) is 0 Å². The number of anilines is 2. The molecule has 0 heterocycles. The predicted octanol–water partition coefficient (Wildman–Crippen LogP) is 3.42. The highest BCUT2D eigenvalue weighted by atomic mass is 16.5. The molecule has 0 radical (unpaired) electrons. The maximum Gasteiger partial charge on any atom is 0.338 e. The van der Waals surface area contributed by atoms with Gasteiger partial charge >= 0.3 is 5.97 Å². The molecule has 2 rings (SSSR count). The fourth-order valence-electron chi connectivity index (χ4n) is 2.76. The van der Waals surface area contributed by atoms with Crippen molar-refractivity contribution in [2.75, 3.05) is 23.8 Å². The van der Waals surface area contributed by atoms with Gasteiger partial charge in [-0.2, -0.15) is 0 Å². The lowest BCUT2D eigenvalue weighted by Gasteiger charge is -2.16. The van der Waals surface area contributed by atoms with Crippen LogP contribution in [0.3, 0.4) is 0 Å². The van der Waals surface area contributed by atoms with E-state index in [1.807, 2.05) is 6.92 Å². The first-order valence-corrected chi connectivity index (χ1v) is 8.01. The van der Waals surface area contributed by atoms with E-state index in [1.54, 1.807) is 25.1 Å². The number of rotatable bonds is 6. The van der Waals surface area contributed by atoms with Crippen molar-refractivity contribution in [3.63, 3.8) is 0 Å². The Morgan fingerprint density at radius 1 is 1.18 bits per heavy atom. The largest absolute Gasteiger partial charge is 0.462 e. The van der Waals surface area contributed by atoms with E-state index in [-0.39, 0.29) is 17.8 Å². The van der Waals surface area contributed by atoms with Gasteiger partial charge in [0.1, 0.15) is 0 Å². The third-order valence-electron chi connectivity index (χ3n) is 3.88. The molecule has 1 saturated carbocycles. The second-order valence-electron chi connectivity index (χ2n) is 5.48. The molecule has 0 bridgehead atoms. The third kappa shape index (κ3) is 4.00. The zero-order valence-corrected chi connectivity index (χ0v) is 13.3. The molecule has 22 heavy (non-hydrogen) atoms. The van der Waals surface area contributed by atoms with Gasteiger partial charge in [-0.25, -0.2) is 4.79 Å².